The summed E-state index contributed by atoms with van der Waals surface area (Å²) in [5.41, 5.74) is 0. The highest BCUT2D eigenvalue weighted by Gasteiger charge is 1.98. The molecular formula is C45H92O15. The first kappa shape index (κ1) is 71.2. The second-order valence-corrected chi connectivity index (χ2v) is 14.2. The Bertz CT molecular complexity index is 723. The highest BCUT2D eigenvalue weighted by Crippen LogP contribution is 2.04. The van der Waals surface area contributed by atoms with Crippen molar-refractivity contribution in [3.05, 3.63) is 0 Å². The minimum Gasteiger partial charge on any atom is -0.481 e. The molecule has 15 nitrogen and oxygen atoms in total. The summed E-state index contributed by atoms with van der Waals surface area (Å²) in [6, 6.07) is 0. The van der Waals surface area contributed by atoms with Crippen molar-refractivity contribution in [1.82, 2.24) is 0 Å². The molecule has 0 saturated heterocycles. The molecule has 0 aromatic rings. The van der Waals surface area contributed by atoms with E-state index in [4.69, 9.17) is 46.0 Å². The Labute approximate surface area is 363 Å². The Balaban J connectivity index is -0.000000110. The highest BCUT2D eigenvalue weighted by atomic mass is 16.4. The van der Waals surface area contributed by atoms with Crippen LogP contribution in [0.15, 0.2) is 0 Å². The number of carbonyl (C=O) groups is 6. The number of aliphatic hydroxyl groups is 3. The normalized spacial score (nSPS) is 9.50. The molecular weight excluding hydrogens is 780 g/mol. The highest BCUT2D eigenvalue weighted by molar-refractivity contribution is 5.68. The first-order valence-electron chi connectivity index (χ1n) is 22.6. The summed E-state index contributed by atoms with van der Waals surface area (Å²) in [7, 11) is 0. The van der Waals surface area contributed by atoms with Crippen molar-refractivity contribution >= 4 is 35.8 Å². The number of carboxylic acid groups (broad SMARTS) is 6. The average molecular weight is 873 g/mol. The summed E-state index contributed by atoms with van der Waals surface area (Å²) in [5, 5.41) is 73.3. The second-order valence-electron chi connectivity index (χ2n) is 14.2. The summed E-state index contributed by atoms with van der Waals surface area (Å²) in [6.45, 7) is 11.9. The number of carboxylic acids is 6. The molecule has 15 heteroatoms. The molecule has 0 radical (unpaired) electrons. The molecule has 0 aliphatic rings. The van der Waals surface area contributed by atoms with Crippen LogP contribution >= 0.6 is 0 Å². The Morgan fingerprint density at radius 3 is 0.483 bits per heavy atom. The molecule has 0 rings (SSSR count). The molecule has 0 aromatic carbocycles. The van der Waals surface area contributed by atoms with Gasteiger partial charge in [-0.15, -0.1) is 0 Å². The molecule has 0 aliphatic heterocycles. The molecule has 0 heterocycles. The SMILES string of the molecule is CCCCCCC(=O)O.CCCCCCC(=O)O.CCCCCCC(=O)O.CCCCCCC(=O)O.CCCCCCC(=O)O.CCCCCCC(=O)O.OCC(O)CO. The predicted octanol–water partition coefficient (Wildman–Crippen LogP) is 10.6. The predicted molar refractivity (Wildman–Crippen MR) is 239 cm³/mol. The van der Waals surface area contributed by atoms with E-state index in [1.165, 1.54) is 38.5 Å². The maximum absolute atomic E-state index is 9.96. The smallest absolute Gasteiger partial charge is 0.303 e. The van der Waals surface area contributed by atoms with E-state index in [2.05, 4.69) is 41.5 Å². The second kappa shape index (κ2) is 67.5. The van der Waals surface area contributed by atoms with E-state index in [1.54, 1.807) is 0 Å². The van der Waals surface area contributed by atoms with Crippen LogP contribution in [0.25, 0.3) is 0 Å². The number of hydrogen-bond donors (Lipinski definition) is 9. The topological polar surface area (TPSA) is 284 Å². The fraction of sp³-hybridized carbons (Fsp3) is 0.867. The van der Waals surface area contributed by atoms with Crippen LogP contribution < -0.4 is 0 Å². The first-order valence-corrected chi connectivity index (χ1v) is 22.6. The molecule has 9 N–H and O–H groups in total. The maximum atomic E-state index is 9.96. The molecule has 0 unspecified atom stereocenters. The number of hydrogen-bond acceptors (Lipinski definition) is 9. The lowest BCUT2D eigenvalue weighted by molar-refractivity contribution is -0.138. The first-order chi connectivity index (χ1) is 28.4. The van der Waals surface area contributed by atoms with E-state index in [0.717, 1.165) is 116 Å². The maximum Gasteiger partial charge on any atom is 0.303 e. The lowest BCUT2D eigenvalue weighted by Gasteiger charge is -1.96. The third-order valence-electron chi connectivity index (χ3n) is 7.89. The zero-order chi connectivity index (χ0) is 47.7. The Morgan fingerprint density at radius 2 is 0.417 bits per heavy atom. The summed E-state index contributed by atoms with van der Waals surface area (Å²) < 4.78 is 0. The van der Waals surface area contributed by atoms with E-state index >= 15 is 0 Å². The fourth-order valence-corrected chi connectivity index (χ4v) is 4.28. The quantitative estimate of drug-likeness (QED) is 0.0284. The third kappa shape index (κ3) is 117. The van der Waals surface area contributed by atoms with Gasteiger partial charge in [0, 0.05) is 38.5 Å². The lowest BCUT2D eigenvalue weighted by atomic mass is 10.2. The van der Waals surface area contributed by atoms with E-state index in [1.807, 2.05) is 0 Å². The van der Waals surface area contributed by atoms with Crippen LogP contribution in [-0.2, 0) is 28.8 Å². The van der Waals surface area contributed by atoms with E-state index in [-0.39, 0.29) is 13.2 Å². The monoisotopic (exact) mass is 873 g/mol. The molecule has 0 bridgehead atoms. The van der Waals surface area contributed by atoms with E-state index in [9.17, 15) is 28.8 Å². The summed E-state index contributed by atoms with van der Waals surface area (Å²) in [6.07, 6.45) is 26.4. The van der Waals surface area contributed by atoms with Gasteiger partial charge in [-0.1, -0.05) is 157 Å². The van der Waals surface area contributed by atoms with Crippen LogP contribution in [0.1, 0.15) is 234 Å². The zero-order valence-electron chi connectivity index (χ0n) is 38.7. The van der Waals surface area contributed by atoms with Crippen molar-refractivity contribution in [1.29, 1.82) is 0 Å². The van der Waals surface area contributed by atoms with Gasteiger partial charge in [-0.25, -0.2) is 0 Å². The van der Waals surface area contributed by atoms with Crippen LogP contribution in [0, 0.1) is 0 Å². The average Bonchev–Trinajstić information content (AvgIpc) is 3.19. The van der Waals surface area contributed by atoms with Crippen LogP contribution in [0.5, 0.6) is 0 Å². The van der Waals surface area contributed by atoms with Crippen LogP contribution in [-0.4, -0.2) is 101 Å². The van der Waals surface area contributed by atoms with Gasteiger partial charge in [0.15, 0.2) is 0 Å². The standard InChI is InChI=1S/6C7H14O2.C3H8O3/c6*1-2-3-4-5-6-7(8)9;4-1-3(6)2-5/h6*2-6H2,1H3,(H,8,9);3-6H,1-2H2. The Hall–Kier alpha value is -3.30. The van der Waals surface area contributed by atoms with Crippen molar-refractivity contribution in [3.63, 3.8) is 0 Å². The fourth-order valence-electron chi connectivity index (χ4n) is 4.28. The van der Waals surface area contributed by atoms with Crippen LogP contribution in [0.2, 0.25) is 0 Å². The van der Waals surface area contributed by atoms with Crippen molar-refractivity contribution < 1.29 is 74.7 Å². The largest absolute Gasteiger partial charge is 0.481 e. The lowest BCUT2D eigenvalue weighted by Crippen LogP contribution is -2.15. The minimum atomic E-state index is -0.954. The van der Waals surface area contributed by atoms with Gasteiger partial charge in [0.05, 0.1) is 13.2 Å². The molecule has 0 saturated carbocycles. The summed E-state index contributed by atoms with van der Waals surface area (Å²) in [4.78, 5) is 59.8. The minimum absolute atomic E-state index is 0.333. The van der Waals surface area contributed by atoms with Crippen molar-refractivity contribution in [2.75, 3.05) is 13.2 Å². The van der Waals surface area contributed by atoms with Gasteiger partial charge >= 0.3 is 35.8 Å². The van der Waals surface area contributed by atoms with Crippen molar-refractivity contribution in [2.45, 2.75) is 240 Å². The molecule has 0 fully saturated rings. The van der Waals surface area contributed by atoms with Crippen LogP contribution in [0.3, 0.4) is 0 Å². The van der Waals surface area contributed by atoms with Crippen molar-refractivity contribution in [3.8, 4) is 0 Å². The van der Waals surface area contributed by atoms with E-state index in [0.29, 0.717) is 38.5 Å². The summed E-state index contributed by atoms with van der Waals surface area (Å²) in [5.74, 6) is -4.05. The number of rotatable bonds is 32. The van der Waals surface area contributed by atoms with Crippen LogP contribution in [0.4, 0.5) is 0 Å². The van der Waals surface area contributed by atoms with Gasteiger partial charge in [-0.05, 0) is 38.5 Å². The Morgan fingerprint density at radius 1 is 0.283 bits per heavy atom. The number of aliphatic hydroxyl groups excluding tert-OH is 3. The number of unbranched alkanes of at least 4 members (excludes halogenated alkanes) is 18. The van der Waals surface area contributed by atoms with Gasteiger partial charge in [0.25, 0.3) is 0 Å². The van der Waals surface area contributed by atoms with Gasteiger partial charge in [-0.3, -0.25) is 28.8 Å². The molecule has 362 valence electrons. The molecule has 0 aliphatic carbocycles. The molecule has 0 aromatic heterocycles. The number of aliphatic carboxylic acids is 6. The van der Waals surface area contributed by atoms with Gasteiger partial charge < -0.3 is 46.0 Å². The zero-order valence-corrected chi connectivity index (χ0v) is 38.7. The van der Waals surface area contributed by atoms with Gasteiger partial charge in [-0.2, -0.15) is 0 Å². The molecule has 0 amide bonds. The Kier molecular flexibility index (Phi) is 80.1. The molecule has 60 heavy (non-hydrogen) atoms. The molecule has 0 atom stereocenters. The molecule has 0 spiro atoms. The van der Waals surface area contributed by atoms with E-state index < -0.39 is 41.9 Å². The summed E-state index contributed by atoms with van der Waals surface area (Å²) >= 11 is 0. The van der Waals surface area contributed by atoms with Gasteiger partial charge in [0.1, 0.15) is 6.10 Å². The third-order valence-corrected chi connectivity index (χ3v) is 7.89. The van der Waals surface area contributed by atoms with Crippen molar-refractivity contribution in [2.24, 2.45) is 0 Å². The van der Waals surface area contributed by atoms with Gasteiger partial charge in [0.2, 0.25) is 0 Å².